The molecule has 0 unspecified atom stereocenters. The number of rotatable bonds is 3. The van der Waals surface area contributed by atoms with E-state index in [0.29, 0.717) is 5.88 Å². The van der Waals surface area contributed by atoms with E-state index in [1.165, 1.54) is 0 Å². The summed E-state index contributed by atoms with van der Waals surface area (Å²) in [5.74, 6) is 0.659. The van der Waals surface area contributed by atoms with E-state index in [0.717, 1.165) is 23.0 Å². The number of furan rings is 1. The monoisotopic (exact) mass is 206 g/mol. The Morgan fingerprint density at radius 1 is 1.29 bits per heavy atom. The molecule has 1 heterocycles. The molecule has 0 atom stereocenters. The first kappa shape index (κ1) is 9.35. The maximum atomic E-state index is 5.59. The first-order chi connectivity index (χ1) is 6.92. The normalized spacial score (nSPS) is 11.5. The number of hydrogen-bond donors (Lipinski definition) is 0. The lowest BCUT2D eigenvalue weighted by atomic mass is 10.1. The maximum Gasteiger partial charge on any atom is 0.134 e. The Kier molecular flexibility index (Phi) is 2.90. The van der Waals surface area contributed by atoms with Crippen LogP contribution in [0, 0.1) is 0 Å². The minimum Gasteiger partial charge on any atom is -0.464 e. The fraction of sp³-hybridized carbons (Fsp3) is 0.167. The van der Waals surface area contributed by atoms with Gasteiger partial charge in [0.15, 0.2) is 0 Å². The van der Waals surface area contributed by atoms with Crippen LogP contribution in [0.25, 0.3) is 17.0 Å². The summed E-state index contributed by atoms with van der Waals surface area (Å²) in [6.45, 7) is 0. The molecule has 0 saturated heterocycles. The molecular formula is C12H11ClO. The van der Waals surface area contributed by atoms with Crippen molar-refractivity contribution in [3.05, 3.63) is 42.2 Å². The van der Waals surface area contributed by atoms with Crippen molar-refractivity contribution in [3.8, 4) is 0 Å². The number of hydrogen-bond acceptors (Lipinski definition) is 1. The van der Waals surface area contributed by atoms with E-state index in [9.17, 15) is 0 Å². The Labute approximate surface area is 88.0 Å². The van der Waals surface area contributed by atoms with Gasteiger partial charge in [0, 0.05) is 16.8 Å². The molecule has 0 aliphatic rings. The third-order valence-electron chi connectivity index (χ3n) is 2.08. The SMILES string of the molecule is ClCCC=Cc1coc2ccccc12. The van der Waals surface area contributed by atoms with Gasteiger partial charge in [-0.1, -0.05) is 30.4 Å². The fourth-order valence-electron chi connectivity index (χ4n) is 1.40. The predicted molar refractivity (Wildman–Crippen MR) is 60.6 cm³/mol. The van der Waals surface area contributed by atoms with Crippen LogP contribution < -0.4 is 0 Å². The molecule has 0 spiro atoms. The average molecular weight is 207 g/mol. The number of fused-ring (bicyclic) bond motifs is 1. The summed E-state index contributed by atoms with van der Waals surface area (Å²) in [6.07, 6.45) is 6.77. The first-order valence-electron chi connectivity index (χ1n) is 4.60. The van der Waals surface area contributed by atoms with Gasteiger partial charge in [0.25, 0.3) is 0 Å². The van der Waals surface area contributed by atoms with Gasteiger partial charge in [0.2, 0.25) is 0 Å². The lowest BCUT2D eigenvalue weighted by molar-refractivity contribution is 0.615. The largest absolute Gasteiger partial charge is 0.464 e. The van der Waals surface area contributed by atoms with E-state index in [-0.39, 0.29) is 0 Å². The van der Waals surface area contributed by atoms with Crippen molar-refractivity contribution < 1.29 is 4.42 Å². The van der Waals surface area contributed by atoms with Crippen molar-refractivity contribution in [1.82, 2.24) is 0 Å². The van der Waals surface area contributed by atoms with E-state index in [4.69, 9.17) is 16.0 Å². The van der Waals surface area contributed by atoms with E-state index < -0.39 is 0 Å². The Bertz CT molecular complexity index is 442. The molecule has 72 valence electrons. The highest BCUT2D eigenvalue weighted by Crippen LogP contribution is 2.21. The lowest BCUT2D eigenvalue weighted by Crippen LogP contribution is -1.69. The molecule has 2 heteroatoms. The molecule has 1 aromatic heterocycles. The van der Waals surface area contributed by atoms with Gasteiger partial charge in [-0.05, 0) is 12.5 Å². The average Bonchev–Trinajstić information content (AvgIpc) is 2.63. The van der Waals surface area contributed by atoms with Gasteiger partial charge >= 0.3 is 0 Å². The zero-order valence-corrected chi connectivity index (χ0v) is 8.50. The molecule has 0 bridgehead atoms. The third-order valence-corrected chi connectivity index (χ3v) is 2.30. The Hall–Kier alpha value is -1.21. The Morgan fingerprint density at radius 3 is 3.00 bits per heavy atom. The molecule has 0 saturated carbocycles. The Morgan fingerprint density at radius 2 is 2.14 bits per heavy atom. The van der Waals surface area contributed by atoms with E-state index in [2.05, 4.69) is 12.1 Å². The van der Waals surface area contributed by atoms with Crippen molar-refractivity contribution in [2.75, 3.05) is 5.88 Å². The molecule has 14 heavy (non-hydrogen) atoms. The molecule has 1 aromatic carbocycles. The zero-order valence-electron chi connectivity index (χ0n) is 7.74. The van der Waals surface area contributed by atoms with Crippen LogP contribution in [-0.2, 0) is 0 Å². The maximum absolute atomic E-state index is 5.59. The van der Waals surface area contributed by atoms with Crippen molar-refractivity contribution in [2.24, 2.45) is 0 Å². The summed E-state index contributed by atoms with van der Waals surface area (Å²) >= 11 is 5.59. The van der Waals surface area contributed by atoms with Gasteiger partial charge in [-0.15, -0.1) is 11.6 Å². The molecular weight excluding hydrogens is 196 g/mol. The number of halogens is 1. The fourth-order valence-corrected chi connectivity index (χ4v) is 1.53. The second-order valence-corrected chi connectivity index (χ2v) is 3.45. The summed E-state index contributed by atoms with van der Waals surface area (Å²) < 4.78 is 5.40. The smallest absolute Gasteiger partial charge is 0.134 e. The second-order valence-electron chi connectivity index (χ2n) is 3.07. The van der Waals surface area contributed by atoms with Crippen LogP contribution in [-0.4, -0.2) is 5.88 Å². The standard InChI is InChI=1S/C12H11ClO/c13-8-4-3-5-10-9-14-12-7-2-1-6-11(10)12/h1-3,5-7,9H,4,8H2. The molecule has 2 rings (SSSR count). The summed E-state index contributed by atoms with van der Waals surface area (Å²) in [5.41, 5.74) is 2.05. The minimum absolute atomic E-state index is 0.659. The molecule has 0 radical (unpaired) electrons. The van der Waals surface area contributed by atoms with Crippen molar-refractivity contribution >= 4 is 28.6 Å². The molecule has 0 amide bonds. The van der Waals surface area contributed by atoms with Crippen LogP contribution in [0.2, 0.25) is 0 Å². The van der Waals surface area contributed by atoms with Crippen LogP contribution in [0.3, 0.4) is 0 Å². The summed E-state index contributed by atoms with van der Waals surface area (Å²) in [7, 11) is 0. The van der Waals surface area contributed by atoms with Gasteiger partial charge in [0.05, 0.1) is 6.26 Å². The summed E-state index contributed by atoms with van der Waals surface area (Å²) in [5, 5.41) is 1.15. The number of para-hydroxylation sites is 1. The number of alkyl halides is 1. The van der Waals surface area contributed by atoms with Gasteiger partial charge in [-0.25, -0.2) is 0 Å². The summed E-state index contributed by atoms with van der Waals surface area (Å²) in [6, 6.07) is 8.00. The van der Waals surface area contributed by atoms with Crippen molar-refractivity contribution in [2.45, 2.75) is 6.42 Å². The Balaban J connectivity index is 2.34. The first-order valence-corrected chi connectivity index (χ1v) is 5.14. The lowest BCUT2D eigenvalue weighted by Gasteiger charge is -1.88. The van der Waals surface area contributed by atoms with Gasteiger partial charge in [0.1, 0.15) is 5.58 Å². The topological polar surface area (TPSA) is 13.1 Å². The highest BCUT2D eigenvalue weighted by molar-refractivity contribution is 6.17. The number of benzene rings is 1. The van der Waals surface area contributed by atoms with Gasteiger partial charge in [-0.3, -0.25) is 0 Å². The minimum atomic E-state index is 0.659. The van der Waals surface area contributed by atoms with E-state index in [1.807, 2.05) is 24.3 Å². The second kappa shape index (κ2) is 4.34. The predicted octanol–water partition coefficient (Wildman–Crippen LogP) is 4.07. The molecule has 0 aliphatic heterocycles. The zero-order chi connectivity index (χ0) is 9.80. The van der Waals surface area contributed by atoms with Gasteiger partial charge < -0.3 is 4.42 Å². The van der Waals surface area contributed by atoms with E-state index >= 15 is 0 Å². The highest BCUT2D eigenvalue weighted by atomic mass is 35.5. The van der Waals surface area contributed by atoms with Crippen LogP contribution in [0.5, 0.6) is 0 Å². The van der Waals surface area contributed by atoms with Crippen LogP contribution >= 0.6 is 11.6 Å². The van der Waals surface area contributed by atoms with Crippen LogP contribution in [0.15, 0.2) is 41.0 Å². The molecule has 2 aromatic rings. The molecule has 0 N–H and O–H groups in total. The molecule has 0 fully saturated rings. The quantitative estimate of drug-likeness (QED) is 0.690. The molecule has 0 aliphatic carbocycles. The number of allylic oxidation sites excluding steroid dienone is 1. The van der Waals surface area contributed by atoms with Crippen molar-refractivity contribution in [3.63, 3.8) is 0 Å². The van der Waals surface area contributed by atoms with E-state index in [1.54, 1.807) is 6.26 Å². The third kappa shape index (κ3) is 1.83. The summed E-state index contributed by atoms with van der Waals surface area (Å²) in [4.78, 5) is 0. The van der Waals surface area contributed by atoms with Crippen LogP contribution in [0.4, 0.5) is 0 Å². The highest BCUT2D eigenvalue weighted by Gasteiger charge is 2.00. The van der Waals surface area contributed by atoms with Crippen molar-refractivity contribution in [1.29, 1.82) is 0 Å². The molecule has 1 nitrogen and oxygen atoms in total. The van der Waals surface area contributed by atoms with Crippen LogP contribution in [0.1, 0.15) is 12.0 Å². The van der Waals surface area contributed by atoms with Gasteiger partial charge in [-0.2, -0.15) is 0 Å².